The van der Waals surface area contributed by atoms with Gasteiger partial charge in [0.25, 0.3) is 0 Å². The summed E-state index contributed by atoms with van der Waals surface area (Å²) in [5, 5.41) is 4.87. The number of nitrogens with one attached hydrogen (secondary N) is 1. The first kappa shape index (κ1) is 16.4. The highest BCUT2D eigenvalue weighted by Crippen LogP contribution is 2.27. The molecule has 2 aromatic carbocycles. The second-order valence-electron chi connectivity index (χ2n) is 5.36. The molecule has 0 spiro atoms. The van der Waals surface area contributed by atoms with Gasteiger partial charge in [0.1, 0.15) is 0 Å². The van der Waals surface area contributed by atoms with Gasteiger partial charge in [-0.15, -0.1) is 0 Å². The van der Waals surface area contributed by atoms with E-state index in [4.69, 9.17) is 23.2 Å². The number of benzene rings is 2. The molecule has 1 nitrogen and oxygen atoms in total. The second kappa shape index (κ2) is 7.84. The molecule has 21 heavy (non-hydrogen) atoms. The lowest BCUT2D eigenvalue weighted by Crippen LogP contribution is -2.22. The molecule has 0 bridgehead atoms. The molecule has 0 fully saturated rings. The maximum Gasteiger partial charge on any atom is 0.0453 e. The van der Waals surface area contributed by atoms with Crippen molar-refractivity contribution in [1.29, 1.82) is 0 Å². The molecule has 1 unspecified atom stereocenters. The zero-order chi connectivity index (χ0) is 15.2. The van der Waals surface area contributed by atoms with E-state index in [0.29, 0.717) is 10.9 Å². The fraction of sp³-hybridized carbons (Fsp3) is 0.333. The first-order chi connectivity index (χ1) is 10.1. The molecule has 1 atom stereocenters. The predicted molar refractivity (Wildman–Crippen MR) is 92.6 cm³/mol. The molecule has 0 aliphatic carbocycles. The maximum atomic E-state index is 6.32. The Kier molecular flexibility index (Phi) is 6.10. The monoisotopic (exact) mass is 321 g/mol. The van der Waals surface area contributed by atoms with Gasteiger partial charge in [0.2, 0.25) is 0 Å². The smallest absolute Gasteiger partial charge is 0.0453 e. The Morgan fingerprint density at radius 1 is 1.05 bits per heavy atom. The van der Waals surface area contributed by atoms with E-state index in [1.807, 2.05) is 18.2 Å². The van der Waals surface area contributed by atoms with Gasteiger partial charge in [0.15, 0.2) is 0 Å². The van der Waals surface area contributed by atoms with Gasteiger partial charge < -0.3 is 5.32 Å². The van der Waals surface area contributed by atoms with Crippen molar-refractivity contribution in [3.63, 3.8) is 0 Å². The lowest BCUT2D eigenvalue weighted by Gasteiger charge is -2.19. The average Bonchev–Trinajstić information content (AvgIpc) is 2.46. The van der Waals surface area contributed by atoms with Crippen LogP contribution in [-0.4, -0.2) is 13.1 Å². The van der Waals surface area contributed by atoms with Gasteiger partial charge in [0, 0.05) is 22.5 Å². The highest BCUT2D eigenvalue weighted by molar-refractivity contribution is 6.35. The first-order valence-electron chi connectivity index (χ1n) is 7.31. The molecule has 2 aromatic rings. The van der Waals surface area contributed by atoms with E-state index in [0.717, 1.165) is 30.1 Å². The Labute approximate surface area is 137 Å². The molecule has 0 aromatic heterocycles. The molecule has 0 aliphatic rings. The van der Waals surface area contributed by atoms with Crippen LogP contribution in [0.4, 0.5) is 0 Å². The number of aryl methyl sites for hydroxylation is 1. The van der Waals surface area contributed by atoms with Gasteiger partial charge in [-0.25, -0.2) is 0 Å². The highest BCUT2D eigenvalue weighted by Gasteiger charge is 2.14. The Balaban J connectivity index is 2.21. The average molecular weight is 322 g/mol. The molecule has 112 valence electrons. The Morgan fingerprint density at radius 2 is 1.76 bits per heavy atom. The summed E-state index contributed by atoms with van der Waals surface area (Å²) in [6.07, 6.45) is 0.909. The van der Waals surface area contributed by atoms with E-state index in [1.165, 1.54) is 11.1 Å². The first-order valence-corrected chi connectivity index (χ1v) is 8.07. The summed E-state index contributed by atoms with van der Waals surface area (Å²) >= 11 is 12.3. The molecule has 3 heteroatoms. The highest BCUT2D eigenvalue weighted by atomic mass is 35.5. The fourth-order valence-electron chi connectivity index (χ4n) is 2.42. The van der Waals surface area contributed by atoms with Crippen molar-refractivity contribution in [3.8, 4) is 0 Å². The van der Waals surface area contributed by atoms with Crippen LogP contribution in [0.5, 0.6) is 0 Å². The number of hydrogen-bond acceptors (Lipinski definition) is 1. The van der Waals surface area contributed by atoms with Gasteiger partial charge >= 0.3 is 0 Å². The normalized spacial score (nSPS) is 12.4. The molecule has 0 saturated heterocycles. The maximum absolute atomic E-state index is 6.32. The third kappa shape index (κ3) is 4.74. The van der Waals surface area contributed by atoms with E-state index in [1.54, 1.807) is 0 Å². The number of halogens is 2. The summed E-state index contributed by atoms with van der Waals surface area (Å²) < 4.78 is 0. The Bertz CT molecular complexity index is 578. The third-order valence-corrected chi connectivity index (χ3v) is 4.26. The van der Waals surface area contributed by atoms with Crippen molar-refractivity contribution in [2.45, 2.75) is 26.2 Å². The van der Waals surface area contributed by atoms with Gasteiger partial charge in [-0.3, -0.25) is 0 Å². The van der Waals surface area contributed by atoms with E-state index in [2.05, 4.69) is 43.4 Å². The van der Waals surface area contributed by atoms with Crippen molar-refractivity contribution in [2.75, 3.05) is 13.1 Å². The van der Waals surface area contributed by atoms with E-state index < -0.39 is 0 Å². The van der Waals surface area contributed by atoms with Crippen LogP contribution < -0.4 is 5.32 Å². The minimum atomic E-state index is 0.407. The Hall–Kier alpha value is -1.02. The van der Waals surface area contributed by atoms with Crippen LogP contribution in [0.15, 0.2) is 42.5 Å². The summed E-state index contributed by atoms with van der Waals surface area (Å²) in [4.78, 5) is 0. The summed E-state index contributed by atoms with van der Waals surface area (Å²) in [7, 11) is 0. The van der Waals surface area contributed by atoms with E-state index in [-0.39, 0.29) is 0 Å². The Morgan fingerprint density at radius 3 is 2.38 bits per heavy atom. The van der Waals surface area contributed by atoms with Crippen molar-refractivity contribution in [3.05, 3.63) is 69.2 Å². The number of likely N-dealkylation sites (N-methyl/N-ethyl adjacent to an activating group) is 1. The summed E-state index contributed by atoms with van der Waals surface area (Å²) in [5.74, 6) is 0.407. The van der Waals surface area contributed by atoms with Crippen LogP contribution in [0.25, 0.3) is 0 Å². The standard InChI is InChI=1S/C18H21Cl2N/c1-3-21-12-16(14-6-4-13(2)5-7-14)10-15-8-9-17(19)11-18(15)20/h4-9,11,16,21H,3,10,12H2,1-2H3. The molecule has 0 amide bonds. The second-order valence-corrected chi connectivity index (χ2v) is 6.20. The molecule has 0 heterocycles. The molecule has 0 saturated carbocycles. The van der Waals surface area contributed by atoms with Crippen LogP contribution >= 0.6 is 23.2 Å². The van der Waals surface area contributed by atoms with E-state index >= 15 is 0 Å². The lowest BCUT2D eigenvalue weighted by molar-refractivity contribution is 0.595. The van der Waals surface area contributed by atoms with Crippen LogP contribution in [0, 0.1) is 6.92 Å². The van der Waals surface area contributed by atoms with Gasteiger partial charge in [-0.2, -0.15) is 0 Å². The number of hydrogen-bond donors (Lipinski definition) is 1. The minimum absolute atomic E-state index is 0.407. The molecule has 2 rings (SSSR count). The van der Waals surface area contributed by atoms with Gasteiger partial charge in [-0.05, 0) is 43.1 Å². The zero-order valence-electron chi connectivity index (χ0n) is 12.5. The molecule has 0 radical (unpaired) electrons. The molecule has 1 N–H and O–H groups in total. The quantitative estimate of drug-likeness (QED) is 0.767. The third-order valence-electron chi connectivity index (χ3n) is 3.67. The van der Waals surface area contributed by atoms with E-state index in [9.17, 15) is 0 Å². The number of rotatable bonds is 6. The van der Waals surface area contributed by atoms with Crippen LogP contribution in [0.3, 0.4) is 0 Å². The van der Waals surface area contributed by atoms with Crippen molar-refractivity contribution in [1.82, 2.24) is 5.32 Å². The van der Waals surface area contributed by atoms with Crippen molar-refractivity contribution >= 4 is 23.2 Å². The van der Waals surface area contributed by atoms with Gasteiger partial charge in [-0.1, -0.05) is 66.0 Å². The topological polar surface area (TPSA) is 12.0 Å². The SMILES string of the molecule is CCNCC(Cc1ccc(Cl)cc1Cl)c1ccc(C)cc1. The summed E-state index contributed by atoms with van der Waals surface area (Å²) in [6, 6.07) is 14.5. The van der Waals surface area contributed by atoms with Crippen molar-refractivity contribution in [2.24, 2.45) is 0 Å². The molecule has 0 aliphatic heterocycles. The minimum Gasteiger partial charge on any atom is -0.316 e. The summed E-state index contributed by atoms with van der Waals surface area (Å²) in [5.41, 5.74) is 3.77. The molecular weight excluding hydrogens is 301 g/mol. The molecular formula is C18H21Cl2N. The van der Waals surface area contributed by atoms with Crippen molar-refractivity contribution < 1.29 is 0 Å². The summed E-state index contributed by atoms with van der Waals surface area (Å²) in [6.45, 7) is 6.15. The fourth-order valence-corrected chi connectivity index (χ4v) is 2.90. The zero-order valence-corrected chi connectivity index (χ0v) is 14.0. The van der Waals surface area contributed by atoms with Crippen LogP contribution in [0.1, 0.15) is 29.5 Å². The largest absolute Gasteiger partial charge is 0.316 e. The van der Waals surface area contributed by atoms with Crippen LogP contribution in [-0.2, 0) is 6.42 Å². The van der Waals surface area contributed by atoms with Crippen LogP contribution in [0.2, 0.25) is 10.0 Å². The lowest BCUT2D eigenvalue weighted by atomic mass is 9.91. The van der Waals surface area contributed by atoms with Gasteiger partial charge in [0.05, 0.1) is 0 Å². The predicted octanol–water partition coefficient (Wildman–Crippen LogP) is 5.24.